The predicted molar refractivity (Wildman–Crippen MR) is 340 cm³/mol. The molecule has 0 atom stereocenters. The maximum atomic E-state index is 7.24. The average Bonchev–Trinajstić information content (AvgIpc) is 0.839. The summed E-state index contributed by atoms with van der Waals surface area (Å²) >= 11 is 2.52. The molecule has 0 radical (unpaired) electrons. The third kappa shape index (κ3) is 8.34. The number of rotatable bonds is 9. The zero-order valence-corrected chi connectivity index (χ0v) is 48.9. The van der Waals surface area contributed by atoms with E-state index in [1.807, 2.05) is 6.20 Å². The van der Waals surface area contributed by atoms with Gasteiger partial charge < -0.3 is 4.90 Å². The van der Waals surface area contributed by atoms with E-state index in [1.54, 1.807) is 0 Å². The molecule has 15 rings (SSSR count). The molecule has 0 amide bonds. The van der Waals surface area contributed by atoms with Crippen molar-refractivity contribution in [1.82, 2.24) is 14.1 Å². The van der Waals surface area contributed by atoms with Crippen molar-refractivity contribution in [1.29, 1.82) is 0 Å². The molecule has 4 heterocycles. The van der Waals surface area contributed by atoms with Crippen LogP contribution >= 0.6 is 0 Å². The molecule has 13 aromatic rings. The van der Waals surface area contributed by atoms with Crippen LogP contribution in [-0.2, 0) is 30.2 Å². The minimum absolute atomic E-state index is 0.132. The molecule has 0 fully saturated rings. The van der Waals surface area contributed by atoms with Gasteiger partial charge in [-0.2, -0.15) is 0 Å². The normalized spacial score (nSPS) is 13.1. The van der Waals surface area contributed by atoms with Gasteiger partial charge in [0.05, 0.1) is 11.4 Å². The van der Waals surface area contributed by atoms with Gasteiger partial charge in [0, 0.05) is 11.9 Å². The van der Waals surface area contributed by atoms with Crippen molar-refractivity contribution in [2.45, 2.75) is 31.6 Å². The Kier molecular flexibility index (Phi) is 12.5. The fraction of sp³-hybridized carbons (Fsp3) is 0.0649. The van der Waals surface area contributed by atoms with Crippen molar-refractivity contribution in [2.24, 2.45) is 0 Å². The number of fused-ring (bicyclic) bond motifs is 9. The molecule has 11 aromatic carbocycles. The summed E-state index contributed by atoms with van der Waals surface area (Å²) in [5, 5.41) is 0. The summed E-state index contributed by atoms with van der Waals surface area (Å²) in [7, 11) is 0. The molecule has 0 saturated heterocycles. The Morgan fingerprint density at radius 1 is 0.381 bits per heavy atom. The second kappa shape index (κ2) is 20.5. The number of hydrogen-bond acceptors (Lipinski definition) is 4. The molecule has 84 heavy (non-hydrogen) atoms. The standard InChI is InChI=1S/C77H57N5O.Pt/c1-76(2,3)57-46-47-78-74(49-57)82-70-45-42-56(53-24-8-4-9-25-53)48-67(70)77(64-36-16-18-38-68(64)81(58-30-14-7-15-31-58)69-39-19-17-37-65(69)77)66-44-43-61(51-73(66)82)83-60-33-22-32-59(50-60)79-52-80(72-41-21-20-40-71(72)79)75-62(54-26-10-5-11-27-54)34-23-35-63(75)55-28-12-6-13-29-55;/h4-51H,1-3H3;. The van der Waals surface area contributed by atoms with Crippen molar-refractivity contribution in [3.05, 3.63) is 323 Å². The zero-order chi connectivity index (χ0) is 56.5. The molecule has 0 N–H and O–H groups in total. The summed E-state index contributed by atoms with van der Waals surface area (Å²) < 4.78 is 13.0. The van der Waals surface area contributed by atoms with Gasteiger partial charge in [-0.25, -0.2) is 0 Å². The number of hydrogen-bond donors (Lipinski definition) is 0. The molecule has 6 nitrogen and oxygen atoms in total. The molecular weight excluding hydrogens is 1210 g/mol. The number of ether oxygens (including phenoxy) is 1. The molecule has 2 aliphatic heterocycles. The third-order valence-electron chi connectivity index (χ3n) is 16.8. The Labute approximate surface area is 500 Å². The van der Waals surface area contributed by atoms with Crippen LogP contribution in [0.4, 0.5) is 34.3 Å². The first-order chi connectivity index (χ1) is 41.2. The van der Waals surface area contributed by atoms with E-state index in [-0.39, 0.29) is 5.41 Å². The summed E-state index contributed by atoms with van der Waals surface area (Å²) in [4.78, 5) is 10.1. The summed E-state index contributed by atoms with van der Waals surface area (Å²) in [5.74, 6) is 2.26. The molecule has 0 aliphatic carbocycles. The van der Waals surface area contributed by atoms with Gasteiger partial charge in [-0.15, -0.1) is 0 Å². The molecule has 0 saturated carbocycles. The predicted octanol–water partition coefficient (Wildman–Crippen LogP) is 19.9. The summed E-state index contributed by atoms with van der Waals surface area (Å²) in [6.07, 6.45) is 1.96. The summed E-state index contributed by atoms with van der Waals surface area (Å²) in [5.41, 5.74) is 21.5. The molecule has 7 heteroatoms. The average molecular weight is 1260 g/mol. The zero-order valence-electron chi connectivity index (χ0n) is 46.7. The van der Waals surface area contributed by atoms with E-state index in [2.05, 4.69) is 344 Å². The number of nitrogens with zero attached hydrogens (tertiary/aromatic N) is 5. The van der Waals surface area contributed by atoms with E-state index in [0.29, 0.717) is 11.5 Å². The van der Waals surface area contributed by atoms with Crippen molar-refractivity contribution >= 4 is 45.3 Å². The molecule has 0 unspecified atom stereocenters. The van der Waals surface area contributed by atoms with Crippen LogP contribution in [0.25, 0.3) is 55.8 Å². The van der Waals surface area contributed by atoms with Crippen molar-refractivity contribution in [3.8, 4) is 56.3 Å². The molecule has 406 valence electrons. The van der Waals surface area contributed by atoms with Crippen molar-refractivity contribution in [3.63, 3.8) is 0 Å². The Morgan fingerprint density at radius 2 is 0.905 bits per heavy atom. The topological polar surface area (TPSA) is 38.5 Å². The first kappa shape index (κ1) is 51.0. The monoisotopic (exact) mass is 1260 g/mol. The number of benzene rings is 11. The Hall–Kier alpha value is -9.87. The van der Waals surface area contributed by atoms with Crippen LogP contribution in [0.3, 0.4) is 0 Å². The SMILES string of the molecule is CC(C)(C)c1ccnc(N2c3cc(Oc4cccc(-n5[c](=[Pt])n(-c6c(-c7ccccc7)cccc6-c6ccccc6)c6ccccc65)c4)ccc3C3(c4ccccc4N(c4ccccc4)c4ccccc43)c3cc(-c4ccccc4)ccc32)c1. The quantitative estimate of drug-likeness (QED) is 0.144. The van der Waals surface area contributed by atoms with E-state index in [1.165, 1.54) is 22.3 Å². The van der Waals surface area contributed by atoms with Gasteiger partial charge in [-0.3, -0.25) is 0 Å². The second-order valence-electron chi connectivity index (χ2n) is 22.7. The van der Waals surface area contributed by atoms with Gasteiger partial charge in [0.15, 0.2) is 0 Å². The fourth-order valence-electron chi connectivity index (χ4n) is 13.0. The van der Waals surface area contributed by atoms with Gasteiger partial charge in [0.1, 0.15) is 0 Å². The van der Waals surface area contributed by atoms with Crippen molar-refractivity contribution in [2.75, 3.05) is 9.80 Å². The van der Waals surface area contributed by atoms with Gasteiger partial charge >= 0.3 is 306 Å². The first-order valence-electron chi connectivity index (χ1n) is 28.6. The van der Waals surface area contributed by atoms with Crippen LogP contribution in [0.15, 0.2) is 291 Å². The number of aromatic nitrogens is 3. The van der Waals surface area contributed by atoms with Gasteiger partial charge in [0.25, 0.3) is 0 Å². The molecule has 1 spiro atoms. The number of anilines is 6. The third-order valence-corrected chi connectivity index (χ3v) is 17.8. The van der Waals surface area contributed by atoms with Crippen LogP contribution < -0.4 is 14.5 Å². The van der Waals surface area contributed by atoms with E-state index >= 15 is 0 Å². The number of para-hydroxylation sites is 6. The molecule has 0 bridgehead atoms. The van der Waals surface area contributed by atoms with Gasteiger partial charge in [-0.1, -0.05) is 112 Å². The maximum absolute atomic E-state index is 7.24. The van der Waals surface area contributed by atoms with Crippen LogP contribution in [0.1, 0.15) is 48.6 Å². The van der Waals surface area contributed by atoms with Crippen LogP contribution in [-0.4, -0.2) is 14.1 Å². The van der Waals surface area contributed by atoms with E-state index in [4.69, 9.17) is 9.72 Å². The first-order valence-corrected chi connectivity index (χ1v) is 29.7. The van der Waals surface area contributed by atoms with E-state index in [0.717, 1.165) is 99.4 Å². The second-order valence-corrected chi connectivity index (χ2v) is 23.7. The van der Waals surface area contributed by atoms with Crippen LogP contribution in [0.5, 0.6) is 11.5 Å². The van der Waals surface area contributed by atoms with E-state index < -0.39 is 5.41 Å². The summed E-state index contributed by atoms with van der Waals surface area (Å²) in [6, 6.07) is 103. The van der Waals surface area contributed by atoms with Gasteiger partial charge in [-0.05, 0) is 58.5 Å². The van der Waals surface area contributed by atoms with Gasteiger partial charge in [0.2, 0.25) is 0 Å². The minimum atomic E-state index is -0.800. The van der Waals surface area contributed by atoms with Crippen LogP contribution in [0, 0.1) is 3.80 Å². The Morgan fingerprint density at radius 3 is 1.55 bits per heavy atom. The fourth-order valence-corrected chi connectivity index (χ4v) is 14.1. The Balaban J connectivity index is 0.934. The van der Waals surface area contributed by atoms with Crippen LogP contribution in [0.2, 0.25) is 0 Å². The Bertz CT molecular complexity index is 4610. The molecule has 2 aliphatic rings. The number of imidazole rings is 1. The molecular formula is C77H57N5OPt. The van der Waals surface area contributed by atoms with E-state index in [9.17, 15) is 0 Å². The molecule has 2 aromatic heterocycles. The number of pyridine rings is 1. The summed E-state index contributed by atoms with van der Waals surface area (Å²) in [6.45, 7) is 6.80. The van der Waals surface area contributed by atoms with Crippen molar-refractivity contribution < 1.29 is 24.1 Å².